The van der Waals surface area contributed by atoms with Crippen LogP contribution in [0.1, 0.15) is 26.3 Å². The standard InChI is InChI=1S/C16H18F3N3O4/c1-4-20-9-21(14(13(24)8-23)15(20,2)3)10-5-6-12(22(25)26)11(7-10)16(17,18)19/h5-8,14H,4,9H2,1-3H3. The highest BCUT2D eigenvalue weighted by Crippen LogP contribution is 2.41. The fourth-order valence-electron chi connectivity index (χ4n) is 3.40. The maximum absolute atomic E-state index is 13.2. The van der Waals surface area contributed by atoms with Crippen molar-refractivity contribution in [3.63, 3.8) is 0 Å². The number of nitro groups is 1. The van der Waals surface area contributed by atoms with E-state index in [1.54, 1.807) is 13.8 Å². The predicted molar refractivity (Wildman–Crippen MR) is 86.8 cm³/mol. The molecule has 1 aromatic carbocycles. The van der Waals surface area contributed by atoms with Gasteiger partial charge in [-0.25, -0.2) is 0 Å². The number of nitro benzene ring substituents is 1. The molecule has 1 atom stereocenters. The molecule has 0 bridgehead atoms. The Bertz CT molecular complexity index is 749. The van der Waals surface area contributed by atoms with Crippen molar-refractivity contribution < 1.29 is 27.7 Å². The number of hydrogen-bond donors (Lipinski definition) is 0. The van der Waals surface area contributed by atoms with Crippen LogP contribution in [0.15, 0.2) is 18.2 Å². The first-order valence-electron chi connectivity index (χ1n) is 7.81. The van der Waals surface area contributed by atoms with Crippen molar-refractivity contribution in [3.05, 3.63) is 33.9 Å². The Balaban J connectivity index is 2.60. The molecule has 10 heteroatoms. The lowest BCUT2D eigenvalue weighted by molar-refractivity contribution is -0.388. The Morgan fingerprint density at radius 1 is 1.42 bits per heavy atom. The number of carbonyl (C=O) groups excluding carboxylic acids is 2. The highest BCUT2D eigenvalue weighted by Gasteiger charge is 2.50. The van der Waals surface area contributed by atoms with Crippen LogP contribution in [0.2, 0.25) is 0 Å². The highest BCUT2D eigenvalue weighted by atomic mass is 19.4. The minimum atomic E-state index is -4.93. The van der Waals surface area contributed by atoms with Gasteiger partial charge in [0.05, 0.1) is 11.6 Å². The molecule has 0 spiro atoms. The summed E-state index contributed by atoms with van der Waals surface area (Å²) in [6, 6.07) is 1.58. The van der Waals surface area contributed by atoms with E-state index in [0.717, 1.165) is 12.1 Å². The quantitative estimate of drug-likeness (QED) is 0.341. The van der Waals surface area contributed by atoms with Crippen molar-refractivity contribution in [2.75, 3.05) is 18.1 Å². The van der Waals surface area contributed by atoms with Crippen LogP contribution < -0.4 is 4.90 Å². The Morgan fingerprint density at radius 3 is 2.50 bits per heavy atom. The van der Waals surface area contributed by atoms with Crippen LogP contribution in [-0.4, -0.2) is 46.7 Å². The smallest absolute Gasteiger partial charge is 0.346 e. The van der Waals surface area contributed by atoms with Crippen molar-refractivity contribution in [3.8, 4) is 0 Å². The number of nitrogens with zero attached hydrogens (tertiary/aromatic N) is 3. The van der Waals surface area contributed by atoms with Gasteiger partial charge in [0.25, 0.3) is 5.69 Å². The number of anilines is 1. The van der Waals surface area contributed by atoms with Gasteiger partial charge in [-0.1, -0.05) is 6.92 Å². The third kappa shape index (κ3) is 3.28. The van der Waals surface area contributed by atoms with E-state index >= 15 is 0 Å². The van der Waals surface area contributed by atoms with E-state index in [1.165, 1.54) is 4.90 Å². The van der Waals surface area contributed by atoms with Crippen molar-refractivity contribution in [2.24, 2.45) is 0 Å². The van der Waals surface area contributed by atoms with Gasteiger partial charge in [0.15, 0.2) is 6.29 Å². The number of alkyl halides is 3. The predicted octanol–water partition coefficient (Wildman–Crippen LogP) is 2.63. The minimum absolute atomic E-state index is 0.00727. The molecule has 0 saturated carbocycles. The molecular weight excluding hydrogens is 355 g/mol. The summed E-state index contributed by atoms with van der Waals surface area (Å²) in [5.74, 6) is -0.766. The molecule has 7 nitrogen and oxygen atoms in total. The lowest BCUT2D eigenvalue weighted by atomic mass is 9.91. The number of rotatable bonds is 5. The summed E-state index contributed by atoms with van der Waals surface area (Å²) >= 11 is 0. The number of Topliss-reactive ketones (excluding diaryl/α,β-unsaturated/α-hetero) is 1. The largest absolute Gasteiger partial charge is 0.423 e. The number of aldehydes is 1. The van der Waals surface area contributed by atoms with Gasteiger partial charge in [0, 0.05) is 17.3 Å². The molecule has 142 valence electrons. The van der Waals surface area contributed by atoms with Gasteiger partial charge in [-0.2, -0.15) is 13.2 Å². The van der Waals surface area contributed by atoms with Crippen molar-refractivity contribution >= 4 is 23.4 Å². The average molecular weight is 373 g/mol. The zero-order chi connectivity index (χ0) is 19.9. The first-order chi connectivity index (χ1) is 11.9. The molecule has 1 aliphatic heterocycles. The Morgan fingerprint density at radius 2 is 2.04 bits per heavy atom. The molecule has 0 amide bonds. The molecule has 1 heterocycles. The fraction of sp³-hybridized carbons (Fsp3) is 0.500. The third-order valence-corrected chi connectivity index (χ3v) is 4.70. The lowest BCUT2D eigenvalue weighted by Gasteiger charge is -2.33. The molecule has 1 unspecified atom stereocenters. The van der Waals surface area contributed by atoms with Crippen molar-refractivity contribution in [1.82, 2.24) is 4.90 Å². The number of carbonyl (C=O) groups is 2. The number of likely N-dealkylation sites (N-methyl/N-ethyl adjacent to an activating group) is 1. The van der Waals surface area contributed by atoms with Crippen LogP contribution in [0.5, 0.6) is 0 Å². The normalized spacial score (nSPS) is 20.2. The molecule has 0 aliphatic carbocycles. The summed E-state index contributed by atoms with van der Waals surface area (Å²) < 4.78 is 39.7. The Labute approximate surface area is 147 Å². The van der Waals surface area contributed by atoms with Crippen LogP contribution in [0, 0.1) is 10.1 Å². The second kappa shape index (κ2) is 6.67. The van der Waals surface area contributed by atoms with E-state index in [-0.39, 0.29) is 18.6 Å². The van der Waals surface area contributed by atoms with Crippen LogP contribution in [0.3, 0.4) is 0 Å². The fourth-order valence-corrected chi connectivity index (χ4v) is 3.40. The minimum Gasteiger partial charge on any atom is -0.346 e. The SMILES string of the molecule is CCN1CN(c2ccc([N+](=O)[O-])c(C(F)(F)F)c2)C(C(=O)C=O)C1(C)C. The molecule has 26 heavy (non-hydrogen) atoms. The number of halogens is 3. The Kier molecular flexibility index (Phi) is 5.09. The van der Waals surface area contributed by atoms with Crippen LogP contribution in [0.25, 0.3) is 0 Å². The van der Waals surface area contributed by atoms with E-state index in [4.69, 9.17) is 0 Å². The Hall–Kier alpha value is -2.49. The molecule has 1 fully saturated rings. The second-order valence-corrected chi connectivity index (χ2v) is 6.50. The first kappa shape index (κ1) is 19.8. The van der Waals surface area contributed by atoms with Gasteiger partial charge in [0.2, 0.25) is 5.78 Å². The number of hydrogen-bond acceptors (Lipinski definition) is 6. The third-order valence-electron chi connectivity index (χ3n) is 4.70. The summed E-state index contributed by atoms with van der Waals surface area (Å²) in [5, 5.41) is 10.9. The van der Waals surface area contributed by atoms with Gasteiger partial charge < -0.3 is 4.90 Å². The van der Waals surface area contributed by atoms with Crippen molar-refractivity contribution in [1.29, 1.82) is 0 Å². The molecule has 0 N–H and O–H groups in total. The van der Waals surface area contributed by atoms with Gasteiger partial charge in [-0.3, -0.25) is 24.6 Å². The monoisotopic (exact) mass is 373 g/mol. The molecule has 2 rings (SSSR count). The molecule has 1 aromatic rings. The van der Waals surface area contributed by atoms with Gasteiger partial charge in [0.1, 0.15) is 11.6 Å². The van der Waals surface area contributed by atoms with Crippen LogP contribution in [-0.2, 0) is 15.8 Å². The number of benzene rings is 1. The molecular formula is C16H18F3N3O4. The molecule has 0 aromatic heterocycles. The summed E-state index contributed by atoms with van der Waals surface area (Å²) in [7, 11) is 0. The van der Waals surface area contributed by atoms with E-state index < -0.39 is 39.7 Å². The van der Waals surface area contributed by atoms with E-state index in [2.05, 4.69) is 0 Å². The highest BCUT2D eigenvalue weighted by molar-refractivity contribution is 6.28. The summed E-state index contributed by atoms with van der Waals surface area (Å²) in [6.45, 7) is 5.88. The van der Waals surface area contributed by atoms with Crippen molar-refractivity contribution in [2.45, 2.75) is 38.5 Å². The zero-order valence-electron chi connectivity index (χ0n) is 14.4. The maximum Gasteiger partial charge on any atom is 0.423 e. The van der Waals surface area contributed by atoms with Crippen LogP contribution >= 0.6 is 0 Å². The average Bonchev–Trinajstić information content (AvgIpc) is 2.83. The summed E-state index contributed by atoms with van der Waals surface area (Å²) in [6.07, 6.45) is -4.78. The molecule has 1 aliphatic rings. The van der Waals surface area contributed by atoms with E-state index in [9.17, 15) is 32.9 Å². The van der Waals surface area contributed by atoms with Gasteiger partial charge in [-0.05, 0) is 32.5 Å². The number of ketones is 1. The second-order valence-electron chi connectivity index (χ2n) is 6.50. The topological polar surface area (TPSA) is 83.8 Å². The van der Waals surface area contributed by atoms with E-state index in [1.807, 2.05) is 11.8 Å². The summed E-state index contributed by atoms with van der Waals surface area (Å²) in [5.41, 5.74) is -3.27. The maximum atomic E-state index is 13.2. The zero-order valence-corrected chi connectivity index (χ0v) is 14.4. The molecule has 1 saturated heterocycles. The first-order valence-corrected chi connectivity index (χ1v) is 7.81. The lowest BCUT2D eigenvalue weighted by Crippen LogP contribution is -2.51. The van der Waals surface area contributed by atoms with Gasteiger partial charge in [-0.15, -0.1) is 0 Å². The summed E-state index contributed by atoms with van der Waals surface area (Å²) in [4.78, 5) is 36.2. The van der Waals surface area contributed by atoms with Gasteiger partial charge >= 0.3 is 6.18 Å². The molecule has 0 radical (unpaired) electrons. The van der Waals surface area contributed by atoms with Crippen LogP contribution in [0.4, 0.5) is 24.5 Å². The van der Waals surface area contributed by atoms with E-state index in [0.29, 0.717) is 12.6 Å².